The van der Waals surface area contributed by atoms with Crippen molar-refractivity contribution in [2.45, 2.75) is 25.4 Å². The van der Waals surface area contributed by atoms with E-state index in [1.165, 1.54) is 12.1 Å². The van der Waals surface area contributed by atoms with Crippen LogP contribution in [0.15, 0.2) is 42.7 Å². The number of carbonyl (C=O) groups excluding carboxylic acids is 1. The molecule has 3 heterocycles. The van der Waals surface area contributed by atoms with Crippen LogP contribution in [0.3, 0.4) is 0 Å². The Bertz CT molecular complexity index is 1010. The first kappa shape index (κ1) is 18.2. The van der Waals surface area contributed by atoms with Crippen LogP contribution in [-0.2, 0) is 17.9 Å². The van der Waals surface area contributed by atoms with Crippen LogP contribution in [0.25, 0.3) is 11.3 Å². The van der Waals surface area contributed by atoms with Crippen LogP contribution in [0.1, 0.15) is 29.2 Å². The van der Waals surface area contributed by atoms with Crippen LogP contribution in [0.4, 0.5) is 8.78 Å². The second-order valence-corrected chi connectivity index (χ2v) is 6.74. The fourth-order valence-electron chi connectivity index (χ4n) is 3.63. The topological polar surface area (TPSA) is 87.9 Å². The summed E-state index contributed by atoms with van der Waals surface area (Å²) in [4.78, 5) is 18.9. The van der Waals surface area contributed by atoms with Crippen molar-refractivity contribution in [3.8, 4) is 11.3 Å². The lowest BCUT2D eigenvalue weighted by molar-refractivity contribution is -0.133. The Labute approximate surface area is 160 Å². The molecule has 2 aromatic heterocycles. The quantitative estimate of drug-likeness (QED) is 0.709. The number of aromatic nitrogens is 3. The van der Waals surface area contributed by atoms with E-state index < -0.39 is 17.6 Å². The van der Waals surface area contributed by atoms with Gasteiger partial charge in [0.25, 0.3) is 0 Å². The summed E-state index contributed by atoms with van der Waals surface area (Å²) in [7, 11) is 0. The van der Waals surface area contributed by atoms with Gasteiger partial charge in [-0.15, -0.1) is 0 Å². The van der Waals surface area contributed by atoms with Crippen molar-refractivity contribution in [1.82, 2.24) is 20.1 Å². The third kappa shape index (κ3) is 3.16. The standard InChI is InChI=1S/C20H19F2N5O/c21-16-5-1-4-13(18(16)22)14(6-7-23)20(28)27-10-15-17(11-27)25-26-19(15)12-3-2-8-24-9-12/h1-5,8-9,14H,6-7,10-11,23H2,(H,25,26). The number of nitrogens with one attached hydrogen (secondary N) is 1. The molecule has 1 atom stereocenters. The van der Waals surface area contributed by atoms with Gasteiger partial charge in [0.2, 0.25) is 5.91 Å². The summed E-state index contributed by atoms with van der Waals surface area (Å²) in [6, 6.07) is 7.59. The van der Waals surface area contributed by atoms with Crippen molar-refractivity contribution in [2.24, 2.45) is 5.73 Å². The summed E-state index contributed by atoms with van der Waals surface area (Å²) >= 11 is 0. The molecule has 0 spiro atoms. The summed E-state index contributed by atoms with van der Waals surface area (Å²) in [5.41, 5.74) is 9.02. The average Bonchev–Trinajstić information content (AvgIpc) is 3.29. The van der Waals surface area contributed by atoms with E-state index in [0.717, 1.165) is 28.6 Å². The molecule has 28 heavy (non-hydrogen) atoms. The van der Waals surface area contributed by atoms with E-state index in [-0.39, 0.29) is 24.4 Å². The third-order valence-corrected chi connectivity index (χ3v) is 5.01. The van der Waals surface area contributed by atoms with Crippen LogP contribution in [-0.4, -0.2) is 32.5 Å². The number of hydrogen-bond donors (Lipinski definition) is 2. The van der Waals surface area contributed by atoms with Crippen LogP contribution >= 0.6 is 0 Å². The van der Waals surface area contributed by atoms with Gasteiger partial charge in [-0.2, -0.15) is 5.10 Å². The lowest BCUT2D eigenvalue weighted by Gasteiger charge is -2.24. The molecule has 1 unspecified atom stereocenters. The molecule has 0 fully saturated rings. The lowest BCUT2D eigenvalue weighted by Crippen LogP contribution is -2.32. The van der Waals surface area contributed by atoms with Crippen molar-refractivity contribution in [3.63, 3.8) is 0 Å². The number of carbonyl (C=O) groups is 1. The van der Waals surface area contributed by atoms with Crippen molar-refractivity contribution in [3.05, 3.63) is 71.2 Å². The number of rotatable bonds is 5. The third-order valence-electron chi connectivity index (χ3n) is 5.01. The maximum atomic E-state index is 14.3. The molecule has 0 aliphatic carbocycles. The van der Waals surface area contributed by atoms with Crippen LogP contribution < -0.4 is 5.73 Å². The highest BCUT2D eigenvalue weighted by Gasteiger charge is 2.34. The number of nitrogens with zero attached hydrogens (tertiary/aromatic N) is 3. The zero-order valence-electron chi connectivity index (χ0n) is 15.0. The maximum Gasteiger partial charge on any atom is 0.230 e. The van der Waals surface area contributed by atoms with E-state index in [1.807, 2.05) is 12.1 Å². The predicted molar refractivity (Wildman–Crippen MR) is 98.8 cm³/mol. The van der Waals surface area contributed by atoms with Gasteiger partial charge in [-0.3, -0.25) is 14.9 Å². The SMILES string of the molecule is NCCC(C(=O)N1Cc2[nH]nc(-c3cccnc3)c2C1)c1cccc(F)c1F. The van der Waals surface area contributed by atoms with Gasteiger partial charge in [0.15, 0.2) is 11.6 Å². The molecule has 3 aromatic rings. The largest absolute Gasteiger partial charge is 0.332 e. The highest BCUT2D eigenvalue weighted by molar-refractivity contribution is 5.84. The Morgan fingerprint density at radius 1 is 1.25 bits per heavy atom. The van der Waals surface area contributed by atoms with Crippen LogP contribution in [0.5, 0.6) is 0 Å². The Balaban J connectivity index is 1.61. The van der Waals surface area contributed by atoms with Crippen LogP contribution in [0, 0.1) is 11.6 Å². The number of benzene rings is 1. The van der Waals surface area contributed by atoms with E-state index >= 15 is 0 Å². The summed E-state index contributed by atoms with van der Waals surface area (Å²) in [6.45, 7) is 0.861. The molecule has 0 bridgehead atoms. The van der Waals surface area contributed by atoms with E-state index in [0.29, 0.717) is 13.1 Å². The van der Waals surface area contributed by atoms with Gasteiger partial charge in [-0.25, -0.2) is 8.78 Å². The lowest BCUT2D eigenvalue weighted by atomic mass is 9.93. The zero-order valence-corrected chi connectivity index (χ0v) is 15.0. The second kappa shape index (κ2) is 7.47. The van der Waals surface area contributed by atoms with Gasteiger partial charge in [-0.05, 0) is 31.2 Å². The maximum absolute atomic E-state index is 14.3. The predicted octanol–water partition coefficient (Wildman–Crippen LogP) is 2.72. The average molecular weight is 383 g/mol. The van der Waals surface area contributed by atoms with E-state index in [9.17, 15) is 13.6 Å². The first-order valence-electron chi connectivity index (χ1n) is 8.99. The number of H-pyrrole nitrogens is 1. The molecule has 0 saturated heterocycles. The Morgan fingerprint density at radius 3 is 2.86 bits per heavy atom. The molecule has 1 aromatic carbocycles. The van der Waals surface area contributed by atoms with Crippen LogP contribution in [0.2, 0.25) is 0 Å². The first-order valence-corrected chi connectivity index (χ1v) is 8.99. The molecule has 1 aliphatic heterocycles. The summed E-state index contributed by atoms with van der Waals surface area (Å²) in [5, 5.41) is 7.30. The van der Waals surface area contributed by atoms with E-state index in [4.69, 9.17) is 5.73 Å². The molecule has 3 N–H and O–H groups in total. The summed E-state index contributed by atoms with van der Waals surface area (Å²) in [5.74, 6) is -3.08. The Hall–Kier alpha value is -3.13. The molecule has 1 aliphatic rings. The molecular formula is C20H19F2N5O. The number of pyridine rings is 1. The van der Waals surface area contributed by atoms with E-state index in [2.05, 4.69) is 15.2 Å². The zero-order chi connectivity index (χ0) is 19.7. The highest BCUT2D eigenvalue weighted by Crippen LogP contribution is 2.33. The number of halogens is 2. The van der Waals surface area contributed by atoms with Gasteiger partial charge in [0.1, 0.15) is 0 Å². The Morgan fingerprint density at radius 2 is 2.11 bits per heavy atom. The molecular weight excluding hydrogens is 364 g/mol. The van der Waals surface area contributed by atoms with Crippen molar-refractivity contribution in [2.75, 3.05) is 6.54 Å². The van der Waals surface area contributed by atoms with Gasteiger partial charge in [0, 0.05) is 29.1 Å². The molecule has 8 heteroatoms. The fourth-order valence-corrected chi connectivity index (χ4v) is 3.63. The van der Waals surface area contributed by atoms with Crippen molar-refractivity contribution in [1.29, 1.82) is 0 Å². The molecule has 0 radical (unpaired) electrons. The van der Waals surface area contributed by atoms with Gasteiger partial charge < -0.3 is 10.6 Å². The minimum atomic E-state index is -0.996. The minimum absolute atomic E-state index is 0.0385. The normalized spacial score (nSPS) is 14.2. The summed E-state index contributed by atoms with van der Waals surface area (Å²) in [6.07, 6.45) is 3.62. The number of fused-ring (bicyclic) bond motifs is 1. The van der Waals surface area contributed by atoms with E-state index in [1.54, 1.807) is 17.3 Å². The summed E-state index contributed by atoms with van der Waals surface area (Å²) < 4.78 is 28.0. The molecule has 1 amide bonds. The Kier molecular flexibility index (Phi) is 4.87. The molecule has 6 nitrogen and oxygen atoms in total. The monoisotopic (exact) mass is 383 g/mol. The minimum Gasteiger partial charge on any atom is -0.332 e. The number of hydrogen-bond acceptors (Lipinski definition) is 4. The molecule has 4 rings (SSSR count). The van der Waals surface area contributed by atoms with Crippen molar-refractivity contribution < 1.29 is 13.6 Å². The fraction of sp³-hybridized carbons (Fsp3) is 0.250. The number of nitrogens with two attached hydrogens (primary N) is 1. The number of aromatic amines is 1. The van der Waals surface area contributed by atoms with Gasteiger partial charge in [0.05, 0.1) is 30.4 Å². The van der Waals surface area contributed by atoms with Gasteiger partial charge in [-0.1, -0.05) is 12.1 Å². The van der Waals surface area contributed by atoms with Gasteiger partial charge >= 0.3 is 0 Å². The molecule has 144 valence electrons. The number of amides is 1. The smallest absolute Gasteiger partial charge is 0.230 e. The molecule has 0 saturated carbocycles. The van der Waals surface area contributed by atoms with Crippen molar-refractivity contribution >= 4 is 5.91 Å². The first-order chi connectivity index (χ1) is 13.6. The highest BCUT2D eigenvalue weighted by atomic mass is 19.2. The second-order valence-electron chi connectivity index (χ2n) is 6.74.